The summed E-state index contributed by atoms with van der Waals surface area (Å²) in [4.78, 5) is 14.0. The third-order valence-electron chi connectivity index (χ3n) is 3.22. The number of rotatable bonds is 5. The molecule has 1 fully saturated rings. The van der Waals surface area contributed by atoms with E-state index in [4.69, 9.17) is 0 Å². The minimum absolute atomic E-state index is 0.207. The van der Waals surface area contributed by atoms with Crippen molar-refractivity contribution < 1.29 is 4.79 Å². The van der Waals surface area contributed by atoms with Crippen LogP contribution in [0.5, 0.6) is 0 Å². The molecule has 3 heteroatoms. The van der Waals surface area contributed by atoms with Gasteiger partial charge in [-0.25, -0.2) is 0 Å². The van der Waals surface area contributed by atoms with E-state index >= 15 is 0 Å². The minimum atomic E-state index is 0.207. The zero-order valence-corrected chi connectivity index (χ0v) is 10.6. The van der Waals surface area contributed by atoms with Crippen LogP contribution in [-0.2, 0) is 4.79 Å². The van der Waals surface area contributed by atoms with Crippen molar-refractivity contribution in [2.24, 2.45) is 0 Å². The molecule has 0 bridgehead atoms. The lowest BCUT2D eigenvalue weighted by Crippen LogP contribution is -2.37. The van der Waals surface area contributed by atoms with Gasteiger partial charge in [0.2, 0.25) is 5.91 Å². The number of hydrogen-bond acceptors (Lipinski definition) is 2. The zero-order valence-electron chi connectivity index (χ0n) is 10.6. The van der Waals surface area contributed by atoms with E-state index in [2.05, 4.69) is 5.32 Å². The van der Waals surface area contributed by atoms with E-state index in [-0.39, 0.29) is 5.91 Å². The summed E-state index contributed by atoms with van der Waals surface area (Å²) >= 11 is 0. The van der Waals surface area contributed by atoms with Crippen LogP contribution in [0.4, 0.5) is 5.69 Å². The van der Waals surface area contributed by atoms with Crippen molar-refractivity contribution in [3.8, 4) is 0 Å². The molecule has 1 aromatic carbocycles. The first-order chi connectivity index (χ1) is 8.22. The lowest BCUT2D eigenvalue weighted by Gasteiger charge is -2.21. The monoisotopic (exact) mass is 232 g/mol. The normalized spacial score (nSPS) is 14.5. The second kappa shape index (κ2) is 5.21. The van der Waals surface area contributed by atoms with Gasteiger partial charge in [0, 0.05) is 18.3 Å². The topological polar surface area (TPSA) is 32.3 Å². The van der Waals surface area contributed by atoms with Crippen molar-refractivity contribution in [1.29, 1.82) is 0 Å². The molecule has 0 unspecified atom stereocenters. The predicted octanol–water partition coefficient (Wildman–Crippen LogP) is 2.42. The number of carbonyl (C=O) groups excluding carboxylic acids is 1. The Morgan fingerprint density at radius 3 is 2.71 bits per heavy atom. The van der Waals surface area contributed by atoms with Gasteiger partial charge >= 0.3 is 0 Å². The molecule has 0 aromatic heterocycles. The number of nitrogens with one attached hydrogen (secondary N) is 1. The molecule has 0 radical (unpaired) electrons. The average Bonchev–Trinajstić information content (AvgIpc) is 3.13. The van der Waals surface area contributed by atoms with Crippen molar-refractivity contribution in [2.75, 3.05) is 18.4 Å². The van der Waals surface area contributed by atoms with Crippen LogP contribution < -0.4 is 5.32 Å². The highest BCUT2D eigenvalue weighted by Crippen LogP contribution is 2.26. The van der Waals surface area contributed by atoms with Crippen LogP contribution in [0, 0.1) is 6.92 Å². The van der Waals surface area contributed by atoms with E-state index in [0.29, 0.717) is 12.6 Å². The second-order valence-corrected chi connectivity index (χ2v) is 4.58. The molecule has 2 rings (SSSR count). The number of amides is 1. The summed E-state index contributed by atoms with van der Waals surface area (Å²) in [5, 5.41) is 3.22. The molecule has 1 aromatic rings. The maximum Gasteiger partial charge on any atom is 0.242 e. The fourth-order valence-electron chi connectivity index (χ4n) is 2.07. The van der Waals surface area contributed by atoms with Gasteiger partial charge in [0.15, 0.2) is 0 Å². The van der Waals surface area contributed by atoms with E-state index in [9.17, 15) is 4.79 Å². The van der Waals surface area contributed by atoms with Crippen molar-refractivity contribution in [2.45, 2.75) is 32.7 Å². The molecule has 1 aliphatic carbocycles. The van der Waals surface area contributed by atoms with Crippen LogP contribution in [0.3, 0.4) is 0 Å². The highest BCUT2D eigenvalue weighted by Gasteiger charge is 2.30. The quantitative estimate of drug-likeness (QED) is 0.845. The molecule has 1 saturated carbocycles. The first-order valence-corrected chi connectivity index (χ1v) is 6.31. The Labute approximate surface area is 103 Å². The van der Waals surface area contributed by atoms with Crippen LogP contribution in [0.1, 0.15) is 25.3 Å². The standard InChI is InChI=1S/C14H20N2O/c1-3-16(12-8-9-12)14(17)10-15-13-7-5-4-6-11(13)2/h4-7,12,15H,3,8-10H2,1-2H3. The van der Waals surface area contributed by atoms with Gasteiger partial charge < -0.3 is 10.2 Å². The summed E-state index contributed by atoms with van der Waals surface area (Å²) in [6.07, 6.45) is 2.34. The van der Waals surface area contributed by atoms with Gasteiger partial charge in [-0.1, -0.05) is 18.2 Å². The van der Waals surface area contributed by atoms with Crippen molar-refractivity contribution in [3.05, 3.63) is 29.8 Å². The fraction of sp³-hybridized carbons (Fsp3) is 0.500. The summed E-state index contributed by atoms with van der Waals surface area (Å²) in [5.74, 6) is 0.207. The lowest BCUT2D eigenvalue weighted by molar-refractivity contribution is -0.129. The van der Waals surface area contributed by atoms with E-state index < -0.39 is 0 Å². The maximum atomic E-state index is 12.0. The molecule has 1 aliphatic rings. The second-order valence-electron chi connectivity index (χ2n) is 4.58. The highest BCUT2D eigenvalue weighted by atomic mass is 16.2. The first-order valence-electron chi connectivity index (χ1n) is 6.31. The summed E-state index contributed by atoms with van der Waals surface area (Å²) in [6.45, 7) is 5.31. The number of hydrogen-bond donors (Lipinski definition) is 1. The largest absolute Gasteiger partial charge is 0.376 e. The Morgan fingerprint density at radius 1 is 1.41 bits per heavy atom. The molecule has 92 valence electrons. The number of carbonyl (C=O) groups is 1. The molecular weight excluding hydrogens is 212 g/mol. The molecule has 1 N–H and O–H groups in total. The number of benzene rings is 1. The van der Waals surface area contributed by atoms with Crippen molar-refractivity contribution >= 4 is 11.6 Å². The van der Waals surface area contributed by atoms with E-state index in [0.717, 1.165) is 12.2 Å². The zero-order chi connectivity index (χ0) is 12.3. The molecule has 1 amide bonds. The number of likely N-dealkylation sites (N-methyl/N-ethyl adjacent to an activating group) is 1. The van der Waals surface area contributed by atoms with Crippen LogP contribution in [-0.4, -0.2) is 29.9 Å². The van der Waals surface area contributed by atoms with Crippen LogP contribution >= 0.6 is 0 Å². The summed E-state index contributed by atoms with van der Waals surface area (Å²) in [7, 11) is 0. The smallest absolute Gasteiger partial charge is 0.242 e. The van der Waals surface area contributed by atoms with E-state index in [1.165, 1.54) is 18.4 Å². The van der Waals surface area contributed by atoms with E-state index in [1.807, 2.05) is 43.0 Å². The van der Waals surface area contributed by atoms with Gasteiger partial charge in [-0.15, -0.1) is 0 Å². The Kier molecular flexibility index (Phi) is 3.67. The summed E-state index contributed by atoms with van der Waals surface area (Å²) in [6, 6.07) is 8.55. The molecule has 3 nitrogen and oxygen atoms in total. The third-order valence-corrected chi connectivity index (χ3v) is 3.22. The van der Waals surface area contributed by atoms with Crippen LogP contribution in [0.15, 0.2) is 24.3 Å². The number of para-hydroxylation sites is 1. The van der Waals surface area contributed by atoms with E-state index in [1.54, 1.807) is 0 Å². The van der Waals surface area contributed by atoms with Crippen molar-refractivity contribution in [1.82, 2.24) is 4.90 Å². The lowest BCUT2D eigenvalue weighted by atomic mass is 10.2. The molecule has 0 atom stereocenters. The number of anilines is 1. The Morgan fingerprint density at radius 2 is 2.12 bits per heavy atom. The molecule has 0 spiro atoms. The summed E-state index contributed by atoms with van der Waals surface area (Å²) in [5.41, 5.74) is 2.22. The van der Waals surface area contributed by atoms with Crippen LogP contribution in [0.2, 0.25) is 0 Å². The third kappa shape index (κ3) is 2.99. The number of aryl methyl sites for hydroxylation is 1. The van der Waals surface area contributed by atoms with Crippen LogP contribution in [0.25, 0.3) is 0 Å². The van der Waals surface area contributed by atoms with Crippen molar-refractivity contribution in [3.63, 3.8) is 0 Å². The minimum Gasteiger partial charge on any atom is -0.376 e. The van der Waals surface area contributed by atoms with Gasteiger partial charge in [-0.3, -0.25) is 4.79 Å². The molecular formula is C14H20N2O. The average molecular weight is 232 g/mol. The van der Waals surface area contributed by atoms with Gasteiger partial charge in [0.05, 0.1) is 6.54 Å². The SMILES string of the molecule is CCN(C(=O)CNc1ccccc1C)C1CC1. The van der Waals surface area contributed by atoms with Gasteiger partial charge in [-0.2, -0.15) is 0 Å². The molecule has 0 heterocycles. The van der Waals surface area contributed by atoms with Gasteiger partial charge in [0.1, 0.15) is 0 Å². The highest BCUT2D eigenvalue weighted by molar-refractivity contribution is 5.81. The predicted molar refractivity (Wildman–Crippen MR) is 70.1 cm³/mol. The first kappa shape index (κ1) is 12.0. The Hall–Kier alpha value is -1.51. The Balaban J connectivity index is 1.89. The molecule has 0 saturated heterocycles. The Bertz CT molecular complexity index is 399. The maximum absolute atomic E-state index is 12.0. The summed E-state index contributed by atoms with van der Waals surface area (Å²) < 4.78 is 0. The van der Waals surface area contributed by atoms with Gasteiger partial charge in [0.25, 0.3) is 0 Å². The number of nitrogens with zero attached hydrogens (tertiary/aromatic N) is 1. The van der Waals surface area contributed by atoms with Gasteiger partial charge in [-0.05, 0) is 38.3 Å². The molecule has 0 aliphatic heterocycles. The molecule has 17 heavy (non-hydrogen) atoms. The fourth-order valence-corrected chi connectivity index (χ4v) is 2.07.